The second-order valence-corrected chi connectivity index (χ2v) is 4.49. The van der Waals surface area contributed by atoms with Gasteiger partial charge in [0, 0.05) is 6.54 Å². The normalized spacial score (nSPS) is 11.9. The van der Waals surface area contributed by atoms with Gasteiger partial charge in [0.25, 0.3) is 0 Å². The molecule has 0 fully saturated rings. The van der Waals surface area contributed by atoms with E-state index in [-0.39, 0.29) is 24.6 Å². The molecule has 0 amide bonds. The van der Waals surface area contributed by atoms with E-state index in [9.17, 15) is 9.90 Å². The Bertz CT molecular complexity index is 623. The van der Waals surface area contributed by atoms with Gasteiger partial charge in [-0.05, 0) is 6.42 Å². The summed E-state index contributed by atoms with van der Waals surface area (Å²) in [6, 6.07) is 0. The average molecular weight is 281 g/mol. The molecule has 9 heteroatoms. The van der Waals surface area contributed by atoms with Crippen LogP contribution in [-0.2, 0) is 6.54 Å². The number of imidazole rings is 1. The van der Waals surface area contributed by atoms with Gasteiger partial charge in [-0.1, -0.05) is 0 Å². The summed E-state index contributed by atoms with van der Waals surface area (Å²) in [5.74, 6) is -0.0547. The van der Waals surface area contributed by atoms with Crippen LogP contribution in [0.3, 0.4) is 0 Å². The Labute approximate surface area is 113 Å². The zero-order valence-corrected chi connectivity index (χ0v) is 10.6. The van der Waals surface area contributed by atoms with Gasteiger partial charge in [0.2, 0.25) is 5.95 Å². The lowest BCUT2D eigenvalue weighted by Gasteiger charge is -2.23. The highest BCUT2D eigenvalue weighted by Gasteiger charge is 2.25. The molecule has 2 aromatic rings. The van der Waals surface area contributed by atoms with Gasteiger partial charge in [-0.2, -0.15) is 4.98 Å². The van der Waals surface area contributed by atoms with Gasteiger partial charge in [-0.3, -0.25) is 4.79 Å². The molecule has 2 heterocycles. The fraction of sp³-hybridized carbons (Fsp3) is 0.455. The minimum Gasteiger partial charge on any atom is -0.393 e. The molecule has 2 aromatic heterocycles. The summed E-state index contributed by atoms with van der Waals surface area (Å²) < 4.78 is 1.57. The van der Waals surface area contributed by atoms with E-state index in [2.05, 4.69) is 15.0 Å². The molecule has 0 aliphatic carbocycles. The largest absolute Gasteiger partial charge is 0.393 e. The Morgan fingerprint density at radius 2 is 2.05 bits per heavy atom. The number of nitrogens with zero attached hydrogens (tertiary/aromatic N) is 4. The number of hydrogen-bond donors (Lipinski definition) is 4. The lowest BCUT2D eigenvalue weighted by molar-refractivity contribution is -0.0624. The van der Waals surface area contributed by atoms with E-state index < -0.39 is 18.8 Å². The van der Waals surface area contributed by atoms with Gasteiger partial charge in [0.1, 0.15) is 16.8 Å². The first kappa shape index (κ1) is 14.3. The number of nitrogens with two attached hydrogens (primary N) is 1. The van der Waals surface area contributed by atoms with Crippen LogP contribution in [0.25, 0.3) is 11.2 Å². The highest BCUT2D eigenvalue weighted by atomic mass is 16.4. The molecule has 0 spiro atoms. The Hall–Kier alpha value is -2.10. The molecule has 0 aromatic carbocycles. The molecule has 0 atom stereocenters. The number of fused-ring (bicyclic) bond motifs is 1. The number of carbonyl (C=O) groups is 1. The number of carbonyl (C=O) groups excluding carboxylic acids is 1. The first-order valence-electron chi connectivity index (χ1n) is 5.90. The van der Waals surface area contributed by atoms with Crippen LogP contribution in [0.4, 0.5) is 5.95 Å². The van der Waals surface area contributed by atoms with Gasteiger partial charge in [-0.15, -0.1) is 0 Å². The first-order valence-corrected chi connectivity index (χ1v) is 5.90. The maximum absolute atomic E-state index is 10.9. The van der Waals surface area contributed by atoms with E-state index >= 15 is 0 Å². The number of nitrogen functional groups attached to an aromatic ring is 1. The van der Waals surface area contributed by atoms with Gasteiger partial charge >= 0.3 is 0 Å². The molecule has 0 bridgehead atoms. The number of anilines is 1. The van der Waals surface area contributed by atoms with Crippen molar-refractivity contribution >= 4 is 23.4 Å². The summed E-state index contributed by atoms with van der Waals surface area (Å²) in [4.78, 5) is 22.7. The van der Waals surface area contributed by atoms with E-state index in [0.29, 0.717) is 17.5 Å². The first-order chi connectivity index (χ1) is 9.53. The molecule has 0 aliphatic rings. The van der Waals surface area contributed by atoms with Crippen molar-refractivity contribution in [2.24, 2.45) is 0 Å². The molecule has 108 valence electrons. The highest BCUT2D eigenvalue weighted by molar-refractivity contribution is 5.91. The number of aldehydes is 1. The molecular formula is C11H15N5O4. The van der Waals surface area contributed by atoms with Crippen molar-refractivity contribution in [3.8, 4) is 0 Å². The Balaban J connectivity index is 2.32. The monoisotopic (exact) mass is 281 g/mol. The van der Waals surface area contributed by atoms with Crippen LogP contribution in [0.1, 0.15) is 16.9 Å². The van der Waals surface area contributed by atoms with Crippen molar-refractivity contribution in [2.75, 3.05) is 18.9 Å². The average Bonchev–Trinajstić information content (AvgIpc) is 2.86. The summed E-state index contributed by atoms with van der Waals surface area (Å²) >= 11 is 0. The summed E-state index contributed by atoms with van der Waals surface area (Å²) in [6.07, 6.45) is 2.06. The molecule has 5 N–H and O–H groups in total. The molecule has 20 heavy (non-hydrogen) atoms. The molecule has 0 unspecified atom stereocenters. The van der Waals surface area contributed by atoms with E-state index in [1.807, 2.05) is 0 Å². The van der Waals surface area contributed by atoms with Crippen molar-refractivity contribution in [3.63, 3.8) is 0 Å². The summed E-state index contributed by atoms with van der Waals surface area (Å²) in [5.41, 5.74) is 4.69. The third kappa shape index (κ3) is 2.59. The van der Waals surface area contributed by atoms with Gasteiger partial charge in [0.15, 0.2) is 11.9 Å². The summed E-state index contributed by atoms with van der Waals surface area (Å²) in [6.45, 7) is -0.886. The zero-order chi connectivity index (χ0) is 14.8. The molecular weight excluding hydrogens is 266 g/mol. The third-order valence-corrected chi connectivity index (χ3v) is 3.03. The van der Waals surface area contributed by atoms with Crippen molar-refractivity contribution in [2.45, 2.75) is 18.6 Å². The summed E-state index contributed by atoms with van der Waals surface area (Å²) in [5, 5.41) is 27.9. The lowest BCUT2D eigenvalue weighted by atomic mass is 10.0. The zero-order valence-electron chi connectivity index (χ0n) is 10.6. The number of rotatable bonds is 6. The summed E-state index contributed by atoms with van der Waals surface area (Å²) in [7, 11) is 0. The quantitative estimate of drug-likeness (QED) is 0.459. The maximum atomic E-state index is 10.9. The number of aliphatic hydroxyl groups is 3. The Kier molecular flexibility index (Phi) is 3.93. The van der Waals surface area contributed by atoms with Crippen LogP contribution in [0.5, 0.6) is 0 Å². The standard InChI is InChI=1S/C11H15N5O4/c12-10-14-7(3-17)8-9(15-10)16(6-13-8)2-1-11(20,4-18)5-19/h3,6,18-20H,1-2,4-5H2,(H2,12,14,15). The van der Waals surface area contributed by atoms with Crippen molar-refractivity contribution in [3.05, 3.63) is 12.0 Å². The second kappa shape index (κ2) is 5.49. The van der Waals surface area contributed by atoms with Crippen LogP contribution in [0, 0.1) is 0 Å². The molecule has 0 saturated carbocycles. The number of aryl methyl sites for hydroxylation is 1. The highest BCUT2D eigenvalue weighted by Crippen LogP contribution is 2.17. The Morgan fingerprint density at radius 1 is 1.35 bits per heavy atom. The van der Waals surface area contributed by atoms with Crippen LogP contribution in [-0.4, -0.2) is 59.9 Å². The van der Waals surface area contributed by atoms with Gasteiger partial charge in [0.05, 0.1) is 19.5 Å². The van der Waals surface area contributed by atoms with E-state index in [1.165, 1.54) is 6.33 Å². The second-order valence-electron chi connectivity index (χ2n) is 4.49. The third-order valence-electron chi connectivity index (χ3n) is 3.03. The molecule has 9 nitrogen and oxygen atoms in total. The minimum absolute atomic E-state index is 0.0547. The number of aliphatic hydroxyl groups excluding tert-OH is 2. The number of hydrogen-bond acceptors (Lipinski definition) is 8. The molecule has 0 saturated heterocycles. The van der Waals surface area contributed by atoms with Crippen LogP contribution >= 0.6 is 0 Å². The van der Waals surface area contributed by atoms with Crippen LogP contribution in [0.2, 0.25) is 0 Å². The molecule has 0 aliphatic heterocycles. The van der Waals surface area contributed by atoms with Crippen molar-refractivity contribution in [1.82, 2.24) is 19.5 Å². The fourth-order valence-electron chi connectivity index (χ4n) is 1.77. The maximum Gasteiger partial charge on any atom is 0.222 e. The van der Waals surface area contributed by atoms with E-state index in [0.717, 1.165) is 0 Å². The predicted octanol–water partition coefficient (Wildman–Crippen LogP) is -1.67. The van der Waals surface area contributed by atoms with Gasteiger partial charge in [-0.25, -0.2) is 9.97 Å². The van der Waals surface area contributed by atoms with Crippen molar-refractivity contribution in [1.29, 1.82) is 0 Å². The predicted molar refractivity (Wildman–Crippen MR) is 68.9 cm³/mol. The SMILES string of the molecule is Nc1nc(C=O)c2ncn(CCC(O)(CO)CO)c2n1. The fourth-order valence-corrected chi connectivity index (χ4v) is 1.77. The van der Waals surface area contributed by atoms with Crippen LogP contribution < -0.4 is 5.73 Å². The molecule has 2 rings (SSSR count). The van der Waals surface area contributed by atoms with Gasteiger partial charge < -0.3 is 25.6 Å². The minimum atomic E-state index is -1.58. The molecule has 0 radical (unpaired) electrons. The Morgan fingerprint density at radius 3 is 2.65 bits per heavy atom. The lowest BCUT2D eigenvalue weighted by Crippen LogP contribution is -2.38. The number of aromatic nitrogens is 4. The van der Waals surface area contributed by atoms with Crippen LogP contribution in [0.15, 0.2) is 6.33 Å². The smallest absolute Gasteiger partial charge is 0.222 e. The van der Waals surface area contributed by atoms with E-state index in [1.54, 1.807) is 4.57 Å². The van der Waals surface area contributed by atoms with Crippen molar-refractivity contribution < 1.29 is 20.1 Å². The van der Waals surface area contributed by atoms with E-state index in [4.69, 9.17) is 15.9 Å². The topological polar surface area (TPSA) is 147 Å².